The van der Waals surface area contributed by atoms with Crippen LogP contribution in [0.2, 0.25) is 0 Å². The van der Waals surface area contributed by atoms with Crippen molar-refractivity contribution in [3.63, 3.8) is 0 Å². The van der Waals surface area contributed by atoms with Gasteiger partial charge in [0.05, 0.1) is 25.4 Å². The molecule has 0 spiro atoms. The Bertz CT molecular complexity index is 455. The fourth-order valence-electron chi connectivity index (χ4n) is 2.06. The van der Waals surface area contributed by atoms with Crippen LogP contribution in [0.25, 0.3) is 0 Å². The van der Waals surface area contributed by atoms with E-state index in [1.807, 2.05) is 13.8 Å². The number of aliphatic hydroxyl groups is 4. The summed E-state index contributed by atoms with van der Waals surface area (Å²) in [5.74, 6) is -0.325. The summed E-state index contributed by atoms with van der Waals surface area (Å²) in [4.78, 5) is 0. The van der Waals surface area contributed by atoms with Gasteiger partial charge in [0.2, 0.25) is 0 Å². The van der Waals surface area contributed by atoms with Gasteiger partial charge >= 0.3 is 0 Å². The third-order valence-electron chi connectivity index (χ3n) is 3.62. The summed E-state index contributed by atoms with van der Waals surface area (Å²) >= 11 is 0. The first kappa shape index (κ1) is 24.6. The molecule has 0 aliphatic heterocycles. The minimum Gasteiger partial charge on any atom is -0.508 e. The molecule has 0 heterocycles. The lowest BCUT2D eigenvalue weighted by atomic mass is 9.93. The predicted molar refractivity (Wildman–Crippen MR) is 98.0 cm³/mol. The Kier molecular flexibility index (Phi) is 13.0. The van der Waals surface area contributed by atoms with E-state index < -0.39 is 30.5 Å². The molecule has 0 fully saturated rings. The van der Waals surface area contributed by atoms with Crippen molar-refractivity contribution in [1.82, 2.24) is 5.32 Å². The maximum atomic E-state index is 10.2. The number of hydrogen-bond donors (Lipinski definition) is 6. The average Bonchev–Trinajstić information content (AvgIpc) is 2.64. The molecule has 0 aromatic heterocycles. The molecule has 0 saturated heterocycles. The van der Waals surface area contributed by atoms with Crippen molar-refractivity contribution in [2.75, 3.05) is 26.8 Å². The number of nitrogens with one attached hydrogen (secondary N) is 1. The van der Waals surface area contributed by atoms with Crippen LogP contribution in [0.4, 0.5) is 0 Å². The fraction of sp³-hybridized carbons (Fsp3) is 0.667. The van der Waals surface area contributed by atoms with Crippen LogP contribution >= 0.6 is 0 Å². The van der Waals surface area contributed by atoms with Gasteiger partial charge in [0, 0.05) is 12.5 Å². The highest BCUT2D eigenvalue weighted by Crippen LogP contribution is 2.20. The van der Waals surface area contributed by atoms with Crippen molar-refractivity contribution in [2.45, 2.75) is 45.4 Å². The zero-order valence-corrected chi connectivity index (χ0v) is 15.9. The summed E-state index contributed by atoms with van der Waals surface area (Å²) in [6.45, 7) is 5.99. The summed E-state index contributed by atoms with van der Waals surface area (Å²) in [7, 11) is 1.71. The van der Waals surface area contributed by atoms with Crippen LogP contribution in [0, 0.1) is 5.92 Å². The zero-order valence-electron chi connectivity index (χ0n) is 15.9. The van der Waals surface area contributed by atoms with Crippen LogP contribution in [0.15, 0.2) is 24.3 Å². The molecular weight excluding hydrogens is 342 g/mol. The molecule has 5 atom stereocenters. The number of benzene rings is 1. The van der Waals surface area contributed by atoms with Gasteiger partial charge in [-0.05, 0) is 38.2 Å². The molecule has 26 heavy (non-hydrogen) atoms. The molecule has 8 nitrogen and oxygen atoms in total. The first-order chi connectivity index (χ1) is 12.4. The van der Waals surface area contributed by atoms with E-state index in [0.29, 0.717) is 12.3 Å². The standard InChI is InChI=1S/C16H27NO7.C2H6/c1-10(18)13(9-24-12-5-3-11(19)4-6-12)14(20)15(21)16(22)23-8-7-17-2;1-2/h3-6,10,13-22H,7-9H2,1-2H3;1-2H3/t10?,13?,14?,15-,16?;/m0./s1. The van der Waals surface area contributed by atoms with E-state index in [4.69, 9.17) is 9.47 Å². The molecule has 0 amide bonds. The second kappa shape index (κ2) is 13.7. The van der Waals surface area contributed by atoms with Gasteiger partial charge in [-0.25, -0.2) is 0 Å². The van der Waals surface area contributed by atoms with E-state index in [9.17, 15) is 25.5 Å². The number of phenols is 1. The van der Waals surface area contributed by atoms with Crippen LogP contribution < -0.4 is 10.1 Å². The Morgan fingerprint density at radius 2 is 1.58 bits per heavy atom. The van der Waals surface area contributed by atoms with Crippen LogP contribution in [-0.2, 0) is 4.74 Å². The highest BCUT2D eigenvalue weighted by Gasteiger charge is 2.35. The number of aliphatic hydroxyl groups excluding tert-OH is 4. The monoisotopic (exact) mass is 375 g/mol. The number of likely N-dealkylation sites (N-methyl/N-ethyl adjacent to an activating group) is 1. The smallest absolute Gasteiger partial charge is 0.183 e. The average molecular weight is 375 g/mol. The summed E-state index contributed by atoms with van der Waals surface area (Å²) in [5.41, 5.74) is 0. The second-order valence-corrected chi connectivity index (χ2v) is 5.56. The van der Waals surface area contributed by atoms with Crippen LogP contribution in [0.1, 0.15) is 20.8 Å². The lowest BCUT2D eigenvalue weighted by Crippen LogP contribution is -2.48. The van der Waals surface area contributed by atoms with Crippen LogP contribution in [0.3, 0.4) is 0 Å². The van der Waals surface area contributed by atoms with Gasteiger partial charge in [-0.3, -0.25) is 0 Å². The summed E-state index contributed by atoms with van der Waals surface area (Å²) in [6.07, 6.45) is -5.61. The molecule has 6 N–H and O–H groups in total. The van der Waals surface area contributed by atoms with Gasteiger partial charge in [0.25, 0.3) is 0 Å². The van der Waals surface area contributed by atoms with Crippen molar-refractivity contribution < 1.29 is 35.0 Å². The van der Waals surface area contributed by atoms with E-state index in [1.54, 1.807) is 7.05 Å². The lowest BCUT2D eigenvalue weighted by Gasteiger charge is -2.31. The molecular formula is C18H33NO7. The second-order valence-electron chi connectivity index (χ2n) is 5.56. The maximum absolute atomic E-state index is 10.2. The molecule has 0 radical (unpaired) electrons. The fourth-order valence-corrected chi connectivity index (χ4v) is 2.06. The molecule has 8 heteroatoms. The summed E-state index contributed by atoms with van der Waals surface area (Å²) in [6, 6.07) is 5.95. The Morgan fingerprint density at radius 1 is 1.00 bits per heavy atom. The zero-order chi connectivity index (χ0) is 20.1. The van der Waals surface area contributed by atoms with Gasteiger partial charge in [0.15, 0.2) is 6.29 Å². The van der Waals surface area contributed by atoms with E-state index in [2.05, 4.69) is 5.32 Å². The van der Waals surface area contributed by atoms with Crippen LogP contribution in [0.5, 0.6) is 11.5 Å². The summed E-state index contributed by atoms with van der Waals surface area (Å²) in [5, 5.41) is 51.8. The Balaban J connectivity index is 0.00000301. The lowest BCUT2D eigenvalue weighted by molar-refractivity contribution is -0.201. The SMILES string of the molecule is CC.CNCCOC(O)[C@@H](O)C(O)C(COc1ccc(O)cc1)C(C)O. The molecule has 152 valence electrons. The van der Waals surface area contributed by atoms with Crippen LogP contribution in [-0.4, -0.2) is 76.9 Å². The van der Waals surface area contributed by atoms with Crippen molar-refractivity contribution in [3.8, 4) is 11.5 Å². The highest BCUT2D eigenvalue weighted by atomic mass is 16.6. The van der Waals surface area contributed by atoms with Crippen molar-refractivity contribution in [1.29, 1.82) is 0 Å². The topological polar surface area (TPSA) is 132 Å². The number of hydrogen-bond acceptors (Lipinski definition) is 8. The van der Waals surface area contributed by atoms with Gasteiger partial charge in [-0.15, -0.1) is 0 Å². The Hall–Kier alpha value is -1.42. The minimum absolute atomic E-state index is 0.0896. The molecule has 1 aromatic rings. The molecule has 0 saturated carbocycles. The highest BCUT2D eigenvalue weighted by molar-refractivity contribution is 5.30. The minimum atomic E-state index is -1.59. The maximum Gasteiger partial charge on any atom is 0.183 e. The third-order valence-corrected chi connectivity index (χ3v) is 3.62. The first-order valence-corrected chi connectivity index (χ1v) is 8.77. The van der Waals surface area contributed by atoms with Crippen molar-refractivity contribution in [3.05, 3.63) is 24.3 Å². The Morgan fingerprint density at radius 3 is 2.08 bits per heavy atom. The van der Waals surface area contributed by atoms with E-state index >= 15 is 0 Å². The summed E-state index contributed by atoms with van der Waals surface area (Å²) < 4.78 is 10.5. The molecule has 0 aliphatic rings. The van der Waals surface area contributed by atoms with Gasteiger partial charge < -0.3 is 40.3 Å². The molecule has 1 aromatic carbocycles. The first-order valence-electron chi connectivity index (χ1n) is 8.77. The normalized spacial score (nSPS) is 16.6. The van der Waals surface area contributed by atoms with E-state index in [0.717, 1.165) is 0 Å². The van der Waals surface area contributed by atoms with E-state index in [1.165, 1.54) is 31.2 Å². The van der Waals surface area contributed by atoms with E-state index in [-0.39, 0.29) is 19.0 Å². The molecule has 0 bridgehead atoms. The molecule has 4 unspecified atom stereocenters. The molecule has 1 rings (SSSR count). The molecule has 0 aliphatic carbocycles. The predicted octanol–water partition coefficient (Wildman–Crippen LogP) is 0.0704. The van der Waals surface area contributed by atoms with Crippen molar-refractivity contribution in [2.24, 2.45) is 5.92 Å². The third kappa shape index (κ3) is 8.79. The van der Waals surface area contributed by atoms with Crippen molar-refractivity contribution >= 4 is 0 Å². The number of aromatic hydroxyl groups is 1. The Labute approximate surface area is 155 Å². The quantitative estimate of drug-likeness (QED) is 0.237. The van der Waals surface area contributed by atoms with Gasteiger partial charge in [-0.1, -0.05) is 13.8 Å². The number of ether oxygens (including phenoxy) is 2. The number of phenolic OH excluding ortho intramolecular Hbond substituents is 1. The number of rotatable bonds is 11. The largest absolute Gasteiger partial charge is 0.508 e. The van der Waals surface area contributed by atoms with Gasteiger partial charge in [0.1, 0.15) is 17.6 Å². The van der Waals surface area contributed by atoms with Gasteiger partial charge in [-0.2, -0.15) is 0 Å².